The quantitative estimate of drug-likeness (QED) is 0.132. The van der Waals surface area contributed by atoms with Crippen LogP contribution in [-0.4, -0.2) is 10.4 Å². The van der Waals surface area contributed by atoms with Gasteiger partial charge in [0.1, 0.15) is 17.0 Å². The van der Waals surface area contributed by atoms with Crippen LogP contribution in [0.4, 0.5) is 0 Å². The van der Waals surface area contributed by atoms with E-state index in [9.17, 15) is 0 Å². The lowest BCUT2D eigenvalue weighted by atomic mass is 9.89. The number of rotatable bonds is 7. The van der Waals surface area contributed by atoms with E-state index in [-0.39, 0.29) is 5.92 Å². The Bertz CT molecular complexity index is 3130. The van der Waals surface area contributed by atoms with Gasteiger partial charge in [0.15, 0.2) is 0 Å². The third-order valence-electron chi connectivity index (χ3n) is 11.4. The molecule has 0 aliphatic carbocycles. The first-order chi connectivity index (χ1) is 27.5. The van der Waals surface area contributed by atoms with E-state index >= 15 is 0 Å². The summed E-state index contributed by atoms with van der Waals surface area (Å²) >= 11 is 0. The predicted octanol–water partition coefficient (Wildman–Crippen LogP) is 13.4. The maximum Gasteiger partial charge on any atom is 0.143 e. The van der Waals surface area contributed by atoms with E-state index in [2.05, 4.69) is 158 Å². The molecule has 0 aliphatic rings. The maximum atomic E-state index is 6.79. The van der Waals surface area contributed by atoms with Crippen LogP contribution in [0.25, 0.3) is 77.0 Å². The van der Waals surface area contributed by atoms with E-state index in [4.69, 9.17) is 15.1 Å². The number of hydrogen-bond acceptors (Lipinski definition) is 2. The van der Waals surface area contributed by atoms with E-state index in [0.29, 0.717) is 5.84 Å². The maximum absolute atomic E-state index is 6.79. The number of aromatic nitrogens is 1. The summed E-state index contributed by atoms with van der Waals surface area (Å²) in [7, 11) is 0. The highest BCUT2D eigenvalue weighted by atomic mass is 16.3. The number of benzene rings is 8. The second kappa shape index (κ2) is 13.6. The summed E-state index contributed by atoms with van der Waals surface area (Å²) in [5.74, 6) is 0.526. The van der Waals surface area contributed by atoms with Crippen molar-refractivity contribution < 1.29 is 4.42 Å². The molecular formula is C52H39N3O. The lowest BCUT2D eigenvalue weighted by Crippen LogP contribution is -2.14. The standard InChI is InChI=1S/C52H39N3O/c1-33(36-16-13-19-41(32-36)55-47-23-9-6-20-43(47)44-21-7-10-24-48(44)55)34(2)50(54-52(53)35-14-4-3-5-15-35)40-18-12-17-37(31-40)38-26-28-42-39(30-38)27-29-46-45-22-8-11-25-49(45)56-51(42)46/h3-33H,1-2H3,(H2,53,54)/b50-34-. The Kier molecular flexibility index (Phi) is 8.11. The van der Waals surface area contributed by atoms with Gasteiger partial charge in [-0.1, -0.05) is 134 Å². The fraction of sp³-hybridized carbons (Fsp3) is 0.0577. The van der Waals surface area contributed by atoms with Crippen LogP contribution in [0.2, 0.25) is 0 Å². The Hall–Kier alpha value is -7.17. The fourth-order valence-electron chi connectivity index (χ4n) is 8.30. The third-order valence-corrected chi connectivity index (χ3v) is 11.4. The largest absolute Gasteiger partial charge is 0.455 e. The molecule has 4 nitrogen and oxygen atoms in total. The number of hydrogen-bond donors (Lipinski definition) is 1. The summed E-state index contributed by atoms with van der Waals surface area (Å²) in [6, 6.07) is 64.1. The molecule has 1 atom stereocenters. The van der Waals surface area contributed by atoms with E-state index in [0.717, 1.165) is 71.9 Å². The molecule has 0 aliphatic heterocycles. The fourth-order valence-corrected chi connectivity index (χ4v) is 8.30. The summed E-state index contributed by atoms with van der Waals surface area (Å²) in [5, 5.41) is 7.01. The van der Waals surface area contributed by atoms with Crippen molar-refractivity contribution in [2.75, 3.05) is 0 Å². The van der Waals surface area contributed by atoms with Crippen molar-refractivity contribution in [3.63, 3.8) is 0 Å². The SMILES string of the molecule is C/C(=C(/N=C(N)c1ccccc1)c1cccc(-c2ccc3c(ccc4c5ccccc5oc34)c2)c1)C(C)c1cccc(-n2c3ccccc3c3ccccc32)c1. The first kappa shape index (κ1) is 33.4. The van der Waals surface area contributed by atoms with Crippen molar-refractivity contribution >= 4 is 66.0 Å². The van der Waals surface area contributed by atoms with Crippen LogP contribution in [0.5, 0.6) is 0 Å². The Morgan fingerprint density at radius 2 is 1.20 bits per heavy atom. The van der Waals surface area contributed by atoms with Gasteiger partial charge in [-0.25, -0.2) is 4.99 Å². The van der Waals surface area contributed by atoms with Gasteiger partial charge in [0, 0.05) is 49.7 Å². The highest BCUT2D eigenvalue weighted by Crippen LogP contribution is 2.38. The molecule has 0 radical (unpaired) electrons. The summed E-state index contributed by atoms with van der Waals surface area (Å²) in [6.45, 7) is 4.46. The summed E-state index contributed by atoms with van der Waals surface area (Å²) < 4.78 is 8.73. The van der Waals surface area contributed by atoms with Crippen LogP contribution in [0.3, 0.4) is 0 Å². The van der Waals surface area contributed by atoms with Crippen molar-refractivity contribution in [2.45, 2.75) is 19.8 Å². The molecule has 8 aromatic carbocycles. The molecule has 56 heavy (non-hydrogen) atoms. The highest BCUT2D eigenvalue weighted by molar-refractivity contribution is 6.15. The molecule has 0 fully saturated rings. The molecule has 10 aromatic rings. The normalized spacial score (nSPS) is 13.2. The van der Waals surface area contributed by atoms with E-state index in [1.165, 1.54) is 27.4 Å². The zero-order valence-corrected chi connectivity index (χ0v) is 31.3. The average molecular weight is 722 g/mol. The van der Waals surface area contributed by atoms with Crippen LogP contribution in [0.15, 0.2) is 197 Å². The molecule has 1 unspecified atom stereocenters. The molecule has 2 heterocycles. The summed E-state index contributed by atoms with van der Waals surface area (Å²) in [5.41, 5.74) is 19.5. The molecule has 2 N–H and O–H groups in total. The molecule has 0 amide bonds. The molecule has 0 saturated carbocycles. The molecule has 0 spiro atoms. The Morgan fingerprint density at radius 3 is 1.98 bits per heavy atom. The minimum absolute atomic E-state index is 0.0425. The lowest BCUT2D eigenvalue weighted by molar-refractivity contribution is 0.672. The van der Waals surface area contributed by atoms with Gasteiger partial charge >= 0.3 is 0 Å². The van der Waals surface area contributed by atoms with E-state index in [1.807, 2.05) is 42.5 Å². The monoisotopic (exact) mass is 721 g/mol. The number of nitrogens with zero attached hydrogens (tertiary/aromatic N) is 2. The molecule has 4 heteroatoms. The summed E-state index contributed by atoms with van der Waals surface area (Å²) in [6.07, 6.45) is 0. The molecule has 0 saturated heterocycles. The topological polar surface area (TPSA) is 56.4 Å². The van der Waals surface area contributed by atoms with Crippen LogP contribution >= 0.6 is 0 Å². The second-order valence-corrected chi connectivity index (χ2v) is 14.6. The zero-order chi connectivity index (χ0) is 37.8. The van der Waals surface area contributed by atoms with Gasteiger partial charge in [-0.05, 0) is 89.2 Å². The van der Waals surface area contributed by atoms with Crippen LogP contribution in [0.1, 0.15) is 36.5 Å². The number of para-hydroxylation sites is 3. The van der Waals surface area contributed by atoms with E-state index < -0.39 is 0 Å². The second-order valence-electron chi connectivity index (χ2n) is 14.6. The van der Waals surface area contributed by atoms with Crippen molar-refractivity contribution in [3.05, 3.63) is 204 Å². The van der Waals surface area contributed by atoms with Gasteiger partial charge in [0.25, 0.3) is 0 Å². The van der Waals surface area contributed by atoms with Crippen molar-refractivity contribution in [1.29, 1.82) is 0 Å². The first-order valence-electron chi connectivity index (χ1n) is 19.2. The van der Waals surface area contributed by atoms with Gasteiger partial charge in [0.2, 0.25) is 0 Å². The van der Waals surface area contributed by atoms with Gasteiger partial charge in [-0.2, -0.15) is 0 Å². The van der Waals surface area contributed by atoms with Crippen molar-refractivity contribution in [2.24, 2.45) is 10.7 Å². The number of allylic oxidation sites excluding steroid dienone is 1. The van der Waals surface area contributed by atoms with Crippen molar-refractivity contribution in [3.8, 4) is 16.8 Å². The van der Waals surface area contributed by atoms with Crippen molar-refractivity contribution in [1.82, 2.24) is 4.57 Å². The number of nitrogens with two attached hydrogens (primary N) is 1. The number of amidine groups is 1. The molecule has 10 rings (SSSR count). The number of furan rings is 1. The average Bonchev–Trinajstić information content (AvgIpc) is 3.81. The van der Waals surface area contributed by atoms with Crippen LogP contribution in [-0.2, 0) is 0 Å². The first-order valence-corrected chi connectivity index (χ1v) is 19.2. The van der Waals surface area contributed by atoms with Gasteiger partial charge < -0.3 is 14.7 Å². The van der Waals surface area contributed by atoms with Gasteiger partial charge in [-0.3, -0.25) is 0 Å². The van der Waals surface area contributed by atoms with Gasteiger partial charge in [0.05, 0.1) is 16.7 Å². The number of fused-ring (bicyclic) bond motifs is 8. The minimum atomic E-state index is 0.0425. The van der Waals surface area contributed by atoms with Crippen LogP contribution in [0, 0.1) is 0 Å². The molecule has 2 aromatic heterocycles. The predicted molar refractivity (Wildman–Crippen MR) is 236 cm³/mol. The molecule has 268 valence electrons. The molecular weight excluding hydrogens is 683 g/mol. The van der Waals surface area contributed by atoms with Crippen LogP contribution < -0.4 is 5.73 Å². The minimum Gasteiger partial charge on any atom is -0.455 e. The highest BCUT2D eigenvalue weighted by Gasteiger charge is 2.18. The number of aliphatic imine (C=N–C) groups is 1. The smallest absolute Gasteiger partial charge is 0.143 e. The lowest BCUT2D eigenvalue weighted by Gasteiger charge is -2.19. The van der Waals surface area contributed by atoms with Gasteiger partial charge in [-0.15, -0.1) is 0 Å². The zero-order valence-electron chi connectivity index (χ0n) is 31.3. The summed E-state index contributed by atoms with van der Waals surface area (Å²) in [4.78, 5) is 5.21. The Labute approximate surface area is 325 Å². The third kappa shape index (κ3) is 5.66. The Balaban J connectivity index is 1.08. The Morgan fingerprint density at radius 1 is 0.554 bits per heavy atom. The molecule has 0 bridgehead atoms. The van der Waals surface area contributed by atoms with E-state index in [1.54, 1.807) is 0 Å².